The maximum Gasteiger partial charge on any atom is 0.251 e. The van der Waals surface area contributed by atoms with Crippen LogP contribution >= 0.6 is 24.0 Å². The molecule has 2 N–H and O–H groups in total. The summed E-state index contributed by atoms with van der Waals surface area (Å²) in [6.07, 6.45) is 4.15. The molecule has 0 unspecified atom stereocenters. The van der Waals surface area contributed by atoms with Crippen molar-refractivity contribution in [1.82, 2.24) is 15.5 Å². The first-order valence-electron chi connectivity index (χ1n) is 10.1. The van der Waals surface area contributed by atoms with E-state index in [2.05, 4.69) is 20.5 Å². The number of guanidine groups is 1. The zero-order valence-electron chi connectivity index (χ0n) is 17.6. The fourth-order valence-electron chi connectivity index (χ4n) is 3.20. The van der Waals surface area contributed by atoms with E-state index in [1.807, 2.05) is 37.4 Å². The smallest absolute Gasteiger partial charge is 0.251 e. The average Bonchev–Trinajstić information content (AvgIpc) is 2.75. The number of aliphatic imine (C=N–C) groups is 1. The van der Waals surface area contributed by atoms with Gasteiger partial charge in [0.05, 0.1) is 6.10 Å². The monoisotopic (exact) mass is 518 g/mol. The van der Waals surface area contributed by atoms with Gasteiger partial charge in [0.15, 0.2) is 5.96 Å². The summed E-state index contributed by atoms with van der Waals surface area (Å²) in [7, 11) is 3.53. The van der Waals surface area contributed by atoms with Crippen molar-refractivity contribution in [1.29, 1.82) is 0 Å². The Kier molecular flexibility index (Phi) is 13.7. The number of amides is 1. The number of hydrogen-bond donors (Lipinski definition) is 2. The highest BCUT2D eigenvalue weighted by molar-refractivity contribution is 14.0. The van der Waals surface area contributed by atoms with Crippen molar-refractivity contribution in [2.75, 3.05) is 53.6 Å². The summed E-state index contributed by atoms with van der Waals surface area (Å²) in [4.78, 5) is 18.7. The van der Waals surface area contributed by atoms with Gasteiger partial charge in [0.1, 0.15) is 0 Å². The van der Waals surface area contributed by atoms with Gasteiger partial charge >= 0.3 is 0 Å². The third kappa shape index (κ3) is 9.77. The number of hydrogen-bond acceptors (Lipinski definition) is 4. The van der Waals surface area contributed by atoms with Crippen molar-refractivity contribution in [2.45, 2.75) is 31.8 Å². The van der Waals surface area contributed by atoms with E-state index < -0.39 is 0 Å². The third-order valence-corrected chi connectivity index (χ3v) is 4.76. The van der Waals surface area contributed by atoms with E-state index in [1.54, 1.807) is 7.11 Å². The molecule has 7 nitrogen and oxygen atoms in total. The molecule has 1 heterocycles. The Labute approximate surface area is 191 Å². The molecule has 0 atom stereocenters. The lowest BCUT2D eigenvalue weighted by atomic mass is 10.1. The topological polar surface area (TPSA) is 75.2 Å². The van der Waals surface area contributed by atoms with Crippen LogP contribution in [0.15, 0.2) is 35.3 Å². The normalized spacial score (nSPS) is 15.0. The Morgan fingerprint density at radius 1 is 1.10 bits per heavy atom. The van der Waals surface area contributed by atoms with Crippen molar-refractivity contribution in [3.05, 3.63) is 35.9 Å². The van der Waals surface area contributed by atoms with Crippen LogP contribution in [0.4, 0.5) is 0 Å². The molecule has 164 valence electrons. The molecule has 0 aromatic heterocycles. The first-order valence-corrected chi connectivity index (χ1v) is 10.1. The number of methoxy groups -OCH3 is 1. The van der Waals surface area contributed by atoms with Gasteiger partial charge in [0.25, 0.3) is 5.91 Å². The Morgan fingerprint density at radius 2 is 1.79 bits per heavy atom. The molecule has 1 aliphatic heterocycles. The van der Waals surface area contributed by atoms with Gasteiger partial charge in [0.2, 0.25) is 0 Å². The minimum absolute atomic E-state index is 0. The molecule has 1 aliphatic rings. The number of halogens is 1. The predicted molar refractivity (Wildman–Crippen MR) is 127 cm³/mol. The van der Waals surface area contributed by atoms with E-state index >= 15 is 0 Å². The summed E-state index contributed by atoms with van der Waals surface area (Å²) in [5, 5.41) is 6.34. The van der Waals surface area contributed by atoms with Crippen molar-refractivity contribution in [2.24, 2.45) is 4.99 Å². The van der Waals surface area contributed by atoms with Gasteiger partial charge in [-0.15, -0.1) is 24.0 Å². The number of carbonyl (C=O) groups excluding carboxylic acids is 1. The van der Waals surface area contributed by atoms with Crippen molar-refractivity contribution in [3.8, 4) is 0 Å². The van der Waals surface area contributed by atoms with Gasteiger partial charge < -0.3 is 25.0 Å². The number of ether oxygens (including phenoxy) is 2. The summed E-state index contributed by atoms with van der Waals surface area (Å²) in [6.45, 7) is 4.81. The molecule has 0 radical (unpaired) electrons. The van der Waals surface area contributed by atoms with E-state index in [0.29, 0.717) is 18.2 Å². The molecule has 0 aliphatic carbocycles. The maximum atomic E-state index is 12.0. The van der Waals surface area contributed by atoms with Gasteiger partial charge in [-0.1, -0.05) is 18.2 Å². The lowest BCUT2D eigenvalue weighted by molar-refractivity contribution is 0.00991. The highest BCUT2D eigenvalue weighted by atomic mass is 127. The Bertz CT molecular complexity index is 593. The average molecular weight is 518 g/mol. The Balaban J connectivity index is 0.00000420. The quantitative estimate of drug-likeness (QED) is 0.216. The van der Waals surface area contributed by atoms with Gasteiger partial charge in [-0.3, -0.25) is 9.79 Å². The molecule has 0 saturated carbocycles. The molecular weight excluding hydrogens is 483 g/mol. The standard InChI is InChI=1S/C21H34N4O3.HI/c1-22-21(25-14-10-19(11-15-25)28-17-7-16-27-2)24-13-6-12-23-20(26)18-8-4-3-5-9-18;/h3-5,8-9,19H,6-7,10-17H2,1-2H3,(H,22,24)(H,23,26);1H. The van der Waals surface area contributed by atoms with E-state index in [9.17, 15) is 4.79 Å². The number of likely N-dealkylation sites (tertiary alicyclic amines) is 1. The highest BCUT2D eigenvalue weighted by Gasteiger charge is 2.21. The number of nitrogens with zero attached hydrogens (tertiary/aromatic N) is 2. The molecule has 2 rings (SSSR count). The fourth-order valence-corrected chi connectivity index (χ4v) is 3.20. The summed E-state index contributed by atoms with van der Waals surface area (Å²) < 4.78 is 11.0. The minimum atomic E-state index is -0.0300. The van der Waals surface area contributed by atoms with Crippen LogP contribution in [-0.4, -0.2) is 76.4 Å². The Morgan fingerprint density at radius 3 is 2.45 bits per heavy atom. The minimum Gasteiger partial charge on any atom is -0.385 e. The van der Waals surface area contributed by atoms with Crippen LogP contribution in [0, 0.1) is 0 Å². The second-order valence-corrected chi connectivity index (χ2v) is 6.85. The first-order chi connectivity index (χ1) is 13.7. The van der Waals surface area contributed by atoms with Gasteiger partial charge in [-0.25, -0.2) is 0 Å². The highest BCUT2D eigenvalue weighted by Crippen LogP contribution is 2.14. The SMILES string of the molecule is CN=C(NCCCNC(=O)c1ccccc1)N1CCC(OCCCOC)CC1.I. The number of carbonyl (C=O) groups is 1. The first kappa shape index (κ1) is 25.6. The number of rotatable bonds is 10. The number of piperidine rings is 1. The predicted octanol–water partition coefficient (Wildman–Crippen LogP) is 2.52. The molecule has 1 aromatic rings. The summed E-state index contributed by atoms with van der Waals surface area (Å²) >= 11 is 0. The summed E-state index contributed by atoms with van der Waals surface area (Å²) in [5.74, 6) is 0.893. The van der Waals surface area contributed by atoms with Crippen molar-refractivity contribution < 1.29 is 14.3 Å². The molecule has 1 saturated heterocycles. The van der Waals surface area contributed by atoms with Crippen molar-refractivity contribution in [3.63, 3.8) is 0 Å². The second-order valence-electron chi connectivity index (χ2n) is 6.85. The summed E-state index contributed by atoms with van der Waals surface area (Å²) in [5.41, 5.74) is 0.693. The van der Waals surface area contributed by atoms with Crippen LogP contribution in [0.3, 0.4) is 0 Å². The zero-order chi connectivity index (χ0) is 20.0. The summed E-state index contributed by atoms with van der Waals surface area (Å²) in [6, 6.07) is 9.28. The number of benzene rings is 1. The molecule has 0 spiro atoms. The van der Waals surface area contributed by atoms with Crippen LogP contribution < -0.4 is 10.6 Å². The molecule has 1 aromatic carbocycles. The van der Waals surface area contributed by atoms with Crippen LogP contribution in [-0.2, 0) is 9.47 Å². The van der Waals surface area contributed by atoms with E-state index in [0.717, 1.165) is 64.5 Å². The maximum absolute atomic E-state index is 12.0. The third-order valence-electron chi connectivity index (χ3n) is 4.76. The lowest BCUT2D eigenvalue weighted by Crippen LogP contribution is -2.47. The molecule has 0 bridgehead atoms. The Hall–Kier alpha value is -1.39. The lowest BCUT2D eigenvalue weighted by Gasteiger charge is -2.34. The van der Waals surface area contributed by atoms with Crippen LogP contribution in [0.1, 0.15) is 36.0 Å². The van der Waals surface area contributed by atoms with Gasteiger partial charge in [0, 0.05) is 59.1 Å². The largest absolute Gasteiger partial charge is 0.385 e. The molecule has 29 heavy (non-hydrogen) atoms. The van der Waals surface area contributed by atoms with E-state index in [-0.39, 0.29) is 29.9 Å². The molecule has 1 amide bonds. The molecular formula is C21H35IN4O3. The molecule has 8 heteroatoms. The molecule has 1 fully saturated rings. The van der Waals surface area contributed by atoms with Crippen LogP contribution in [0.5, 0.6) is 0 Å². The van der Waals surface area contributed by atoms with Gasteiger partial charge in [-0.2, -0.15) is 0 Å². The van der Waals surface area contributed by atoms with Crippen LogP contribution in [0.2, 0.25) is 0 Å². The van der Waals surface area contributed by atoms with E-state index in [1.165, 1.54) is 0 Å². The van der Waals surface area contributed by atoms with Gasteiger partial charge in [-0.05, 0) is 37.8 Å². The van der Waals surface area contributed by atoms with E-state index in [4.69, 9.17) is 9.47 Å². The number of nitrogens with one attached hydrogen (secondary N) is 2. The fraction of sp³-hybridized carbons (Fsp3) is 0.619. The van der Waals surface area contributed by atoms with Crippen LogP contribution in [0.25, 0.3) is 0 Å². The van der Waals surface area contributed by atoms with Crippen molar-refractivity contribution >= 4 is 35.8 Å². The zero-order valence-corrected chi connectivity index (χ0v) is 19.9. The second kappa shape index (κ2) is 15.4.